The highest BCUT2D eigenvalue weighted by atomic mass is 35.5. The number of hydrogen-bond donors (Lipinski definition) is 2. The van der Waals surface area contributed by atoms with Gasteiger partial charge in [0.2, 0.25) is 0 Å². The van der Waals surface area contributed by atoms with Crippen molar-refractivity contribution in [1.82, 2.24) is 4.90 Å². The van der Waals surface area contributed by atoms with Gasteiger partial charge in [0.1, 0.15) is 12.4 Å². The molecule has 8 heteroatoms. The minimum atomic E-state index is -0.975. The molecule has 0 aliphatic heterocycles. The van der Waals surface area contributed by atoms with Crippen LogP contribution < -0.4 is 10.1 Å². The molecular weight excluding hydrogens is 468 g/mol. The summed E-state index contributed by atoms with van der Waals surface area (Å²) in [7, 11) is 0. The molecule has 0 spiro atoms. The van der Waals surface area contributed by atoms with E-state index in [9.17, 15) is 14.7 Å². The number of unbranched alkanes of at least 4 members (excludes halogenated alkanes) is 4. The lowest BCUT2D eigenvalue weighted by Crippen LogP contribution is -2.38. The molecule has 35 heavy (non-hydrogen) atoms. The Kier molecular flexibility index (Phi) is 13.0. The van der Waals surface area contributed by atoms with Crippen molar-refractivity contribution in [2.75, 3.05) is 31.6 Å². The molecule has 0 saturated carbocycles. The first-order valence-electron chi connectivity index (χ1n) is 12.3. The number of halogens is 1. The van der Waals surface area contributed by atoms with Crippen LogP contribution in [0.4, 0.5) is 10.5 Å². The van der Waals surface area contributed by atoms with Crippen LogP contribution in [-0.2, 0) is 16.0 Å². The highest BCUT2D eigenvalue weighted by molar-refractivity contribution is 6.33. The van der Waals surface area contributed by atoms with E-state index in [1.165, 1.54) is 12.8 Å². The van der Waals surface area contributed by atoms with Gasteiger partial charge in [0.05, 0.1) is 17.3 Å². The average Bonchev–Trinajstić information content (AvgIpc) is 2.84. The number of aliphatic carboxylic acids is 1. The average molecular weight is 505 g/mol. The van der Waals surface area contributed by atoms with Gasteiger partial charge in [0.25, 0.3) is 0 Å². The first-order valence-corrected chi connectivity index (χ1v) is 12.7. The number of carbonyl (C=O) groups excluding carboxylic acids is 1. The summed E-state index contributed by atoms with van der Waals surface area (Å²) in [5.74, 6) is -0.316. The second-order valence-electron chi connectivity index (χ2n) is 8.29. The minimum Gasteiger partial charge on any atom is -0.492 e. The SMILES string of the molecule is CCCCCCCN(CCOc1ccc(CC(OCC)C(=O)O)cc1)C(=O)Nc1ccccc1Cl. The molecule has 2 aromatic carbocycles. The Morgan fingerprint density at radius 1 is 1.00 bits per heavy atom. The summed E-state index contributed by atoms with van der Waals surface area (Å²) in [6, 6.07) is 14.2. The minimum absolute atomic E-state index is 0.205. The van der Waals surface area contributed by atoms with Crippen molar-refractivity contribution in [3.8, 4) is 5.75 Å². The number of nitrogens with zero attached hydrogens (tertiary/aromatic N) is 1. The Hall–Kier alpha value is -2.77. The molecule has 2 aromatic rings. The molecule has 0 fully saturated rings. The van der Waals surface area contributed by atoms with Crippen LogP contribution in [0, 0.1) is 0 Å². The quantitative estimate of drug-likeness (QED) is 0.263. The van der Waals surface area contributed by atoms with Gasteiger partial charge in [-0.3, -0.25) is 0 Å². The number of carboxylic acid groups (broad SMARTS) is 1. The van der Waals surface area contributed by atoms with E-state index in [1.54, 1.807) is 36.1 Å². The van der Waals surface area contributed by atoms with E-state index in [1.807, 2.05) is 24.3 Å². The lowest BCUT2D eigenvalue weighted by atomic mass is 10.1. The van der Waals surface area contributed by atoms with Gasteiger partial charge >= 0.3 is 12.0 Å². The summed E-state index contributed by atoms with van der Waals surface area (Å²) in [6.45, 7) is 5.69. The van der Waals surface area contributed by atoms with Gasteiger partial charge in [-0.1, -0.05) is 68.5 Å². The Balaban J connectivity index is 1.91. The number of anilines is 1. The number of benzene rings is 2. The molecule has 0 bridgehead atoms. The number of amides is 2. The van der Waals surface area contributed by atoms with Crippen LogP contribution in [0.25, 0.3) is 0 Å². The van der Waals surface area contributed by atoms with Gasteiger partial charge in [-0.2, -0.15) is 0 Å². The maximum atomic E-state index is 12.9. The highest BCUT2D eigenvalue weighted by Gasteiger charge is 2.18. The highest BCUT2D eigenvalue weighted by Crippen LogP contribution is 2.21. The van der Waals surface area contributed by atoms with Crippen molar-refractivity contribution < 1.29 is 24.2 Å². The van der Waals surface area contributed by atoms with Gasteiger partial charge in [-0.05, 0) is 43.2 Å². The summed E-state index contributed by atoms with van der Waals surface area (Å²) in [6.07, 6.45) is 4.95. The van der Waals surface area contributed by atoms with Gasteiger partial charge in [0, 0.05) is 19.6 Å². The van der Waals surface area contributed by atoms with Crippen LogP contribution in [0.5, 0.6) is 5.75 Å². The molecule has 1 atom stereocenters. The van der Waals surface area contributed by atoms with Crippen molar-refractivity contribution >= 4 is 29.3 Å². The van der Waals surface area contributed by atoms with Gasteiger partial charge in [0.15, 0.2) is 6.10 Å². The molecule has 192 valence electrons. The summed E-state index contributed by atoms with van der Waals surface area (Å²) >= 11 is 6.20. The van der Waals surface area contributed by atoms with E-state index in [4.69, 9.17) is 21.1 Å². The van der Waals surface area contributed by atoms with Gasteiger partial charge in [-0.25, -0.2) is 9.59 Å². The third kappa shape index (κ3) is 10.6. The maximum Gasteiger partial charge on any atom is 0.333 e. The van der Waals surface area contributed by atoms with Crippen molar-refractivity contribution in [2.45, 2.75) is 58.5 Å². The Bertz CT molecular complexity index is 907. The number of carboxylic acids is 1. The Labute approximate surface area is 213 Å². The second-order valence-corrected chi connectivity index (χ2v) is 8.70. The van der Waals surface area contributed by atoms with E-state index < -0.39 is 12.1 Å². The molecule has 7 nitrogen and oxygen atoms in total. The van der Waals surface area contributed by atoms with Crippen molar-refractivity contribution in [3.05, 3.63) is 59.1 Å². The number of para-hydroxylation sites is 1. The Morgan fingerprint density at radius 2 is 1.71 bits per heavy atom. The van der Waals surface area contributed by atoms with Crippen LogP contribution in [0.1, 0.15) is 51.5 Å². The maximum absolute atomic E-state index is 12.9. The first-order chi connectivity index (χ1) is 16.9. The van der Waals surface area contributed by atoms with E-state index in [2.05, 4.69) is 12.2 Å². The summed E-state index contributed by atoms with van der Waals surface area (Å²) < 4.78 is 11.1. The number of nitrogens with one attached hydrogen (secondary N) is 1. The normalized spacial score (nSPS) is 11.6. The molecule has 0 radical (unpaired) electrons. The summed E-state index contributed by atoms with van der Waals surface area (Å²) in [5, 5.41) is 12.6. The lowest BCUT2D eigenvalue weighted by molar-refractivity contribution is -0.149. The van der Waals surface area contributed by atoms with Crippen molar-refractivity contribution in [2.24, 2.45) is 0 Å². The lowest BCUT2D eigenvalue weighted by Gasteiger charge is -2.23. The molecule has 2 rings (SSSR count). The van der Waals surface area contributed by atoms with Crippen molar-refractivity contribution in [1.29, 1.82) is 0 Å². The van der Waals surface area contributed by atoms with E-state index in [0.717, 1.165) is 24.8 Å². The summed E-state index contributed by atoms with van der Waals surface area (Å²) in [5.41, 5.74) is 1.43. The number of urea groups is 1. The topological polar surface area (TPSA) is 88.1 Å². The number of carbonyl (C=O) groups is 2. The molecule has 2 N–H and O–H groups in total. The summed E-state index contributed by atoms with van der Waals surface area (Å²) in [4.78, 5) is 26.0. The zero-order valence-corrected chi connectivity index (χ0v) is 21.4. The molecule has 1 unspecified atom stereocenters. The fraction of sp³-hybridized carbons (Fsp3) is 0.481. The number of rotatable bonds is 16. The second kappa shape index (κ2) is 16.0. The monoisotopic (exact) mass is 504 g/mol. The van der Waals surface area contributed by atoms with E-state index in [0.29, 0.717) is 42.8 Å². The molecule has 2 amide bonds. The van der Waals surface area contributed by atoms with Crippen LogP contribution in [-0.4, -0.2) is 54.4 Å². The zero-order chi connectivity index (χ0) is 25.5. The van der Waals surface area contributed by atoms with Crippen LogP contribution in [0.15, 0.2) is 48.5 Å². The number of hydrogen-bond acceptors (Lipinski definition) is 4. The molecule has 0 aromatic heterocycles. The van der Waals surface area contributed by atoms with Crippen LogP contribution >= 0.6 is 11.6 Å². The molecule has 0 aliphatic rings. The fourth-order valence-electron chi connectivity index (χ4n) is 3.61. The van der Waals surface area contributed by atoms with Gasteiger partial charge < -0.3 is 24.8 Å². The predicted octanol–water partition coefficient (Wildman–Crippen LogP) is 6.26. The first kappa shape index (κ1) is 28.5. The molecule has 0 saturated heterocycles. The predicted molar refractivity (Wildman–Crippen MR) is 139 cm³/mol. The number of ether oxygens (including phenoxy) is 2. The Morgan fingerprint density at radius 3 is 2.37 bits per heavy atom. The molecule has 0 aliphatic carbocycles. The van der Waals surface area contributed by atoms with Crippen molar-refractivity contribution in [3.63, 3.8) is 0 Å². The van der Waals surface area contributed by atoms with E-state index >= 15 is 0 Å². The standard InChI is InChI=1S/C27H37ClN2O5/c1-3-5-6-7-10-17-30(27(33)29-24-12-9-8-11-23(24)28)18-19-35-22-15-13-21(14-16-22)20-25(26(31)32)34-4-2/h8-9,11-16,25H,3-7,10,17-20H2,1-2H3,(H,29,33)(H,31,32). The molecule has 0 heterocycles. The third-order valence-corrected chi connectivity index (χ3v) is 5.88. The van der Waals surface area contributed by atoms with Crippen LogP contribution in [0.2, 0.25) is 5.02 Å². The smallest absolute Gasteiger partial charge is 0.333 e. The zero-order valence-electron chi connectivity index (χ0n) is 20.7. The van der Waals surface area contributed by atoms with E-state index in [-0.39, 0.29) is 12.5 Å². The third-order valence-electron chi connectivity index (χ3n) is 5.55. The van der Waals surface area contributed by atoms with Crippen LogP contribution in [0.3, 0.4) is 0 Å². The molecular formula is C27H37ClN2O5. The van der Waals surface area contributed by atoms with Gasteiger partial charge in [-0.15, -0.1) is 0 Å². The largest absolute Gasteiger partial charge is 0.492 e. The fourth-order valence-corrected chi connectivity index (χ4v) is 3.79.